The molecule has 5 nitrogen and oxygen atoms in total. The van der Waals surface area contributed by atoms with Crippen LogP contribution in [0.2, 0.25) is 0 Å². The van der Waals surface area contributed by atoms with E-state index >= 15 is 0 Å². The molecule has 3 rings (SSSR count). The molecule has 1 unspecified atom stereocenters. The third-order valence-corrected chi connectivity index (χ3v) is 4.61. The SMILES string of the molecule is COc1ccccc1OCC(=O)N1CCN(C)C(c2ccccc2)C1. The Balaban J connectivity index is 1.62. The molecule has 1 saturated heterocycles. The van der Waals surface area contributed by atoms with Crippen molar-refractivity contribution in [3.8, 4) is 11.5 Å². The van der Waals surface area contributed by atoms with Gasteiger partial charge in [-0.2, -0.15) is 0 Å². The number of para-hydroxylation sites is 2. The van der Waals surface area contributed by atoms with Gasteiger partial charge >= 0.3 is 0 Å². The maximum atomic E-state index is 12.6. The van der Waals surface area contributed by atoms with Crippen LogP contribution in [-0.2, 0) is 4.79 Å². The van der Waals surface area contributed by atoms with Gasteiger partial charge in [-0.05, 0) is 24.7 Å². The lowest BCUT2D eigenvalue weighted by Gasteiger charge is -2.39. The van der Waals surface area contributed by atoms with Crippen LogP contribution in [0.3, 0.4) is 0 Å². The topological polar surface area (TPSA) is 42.0 Å². The van der Waals surface area contributed by atoms with E-state index in [1.165, 1.54) is 5.56 Å². The minimum atomic E-state index is -0.0000581. The molecule has 2 aromatic carbocycles. The summed E-state index contributed by atoms with van der Waals surface area (Å²) >= 11 is 0. The molecule has 1 aliphatic heterocycles. The van der Waals surface area contributed by atoms with Crippen LogP contribution < -0.4 is 9.47 Å². The van der Waals surface area contributed by atoms with Crippen LogP contribution in [0.5, 0.6) is 11.5 Å². The van der Waals surface area contributed by atoms with E-state index in [1.54, 1.807) is 7.11 Å². The number of hydrogen-bond acceptors (Lipinski definition) is 4. The lowest BCUT2D eigenvalue weighted by Crippen LogP contribution is -2.50. The summed E-state index contributed by atoms with van der Waals surface area (Å²) in [5.41, 5.74) is 1.23. The van der Waals surface area contributed by atoms with Crippen LogP contribution in [0.1, 0.15) is 11.6 Å². The maximum Gasteiger partial charge on any atom is 0.260 e. The zero-order valence-electron chi connectivity index (χ0n) is 14.7. The molecule has 1 fully saturated rings. The van der Waals surface area contributed by atoms with Crippen molar-refractivity contribution in [3.63, 3.8) is 0 Å². The number of ether oxygens (including phenoxy) is 2. The van der Waals surface area contributed by atoms with Crippen molar-refractivity contribution in [2.75, 3.05) is 40.4 Å². The minimum Gasteiger partial charge on any atom is -0.493 e. The number of likely N-dealkylation sites (N-methyl/N-ethyl adjacent to an activating group) is 1. The molecule has 132 valence electrons. The Bertz CT molecular complexity index is 705. The summed E-state index contributed by atoms with van der Waals surface area (Å²) in [5, 5.41) is 0. The average molecular weight is 340 g/mol. The summed E-state index contributed by atoms with van der Waals surface area (Å²) in [6.45, 7) is 2.26. The molecule has 0 N–H and O–H groups in total. The minimum absolute atomic E-state index is 0.0000581. The van der Waals surface area contributed by atoms with E-state index in [9.17, 15) is 4.79 Å². The summed E-state index contributed by atoms with van der Waals surface area (Å²) in [6.07, 6.45) is 0. The lowest BCUT2D eigenvalue weighted by molar-refractivity contribution is -0.136. The number of piperazine rings is 1. The predicted molar refractivity (Wildman–Crippen MR) is 96.9 cm³/mol. The van der Waals surface area contributed by atoms with Crippen LogP contribution in [0.25, 0.3) is 0 Å². The number of carbonyl (C=O) groups excluding carboxylic acids is 1. The van der Waals surface area contributed by atoms with E-state index in [-0.39, 0.29) is 18.6 Å². The highest BCUT2D eigenvalue weighted by atomic mass is 16.5. The van der Waals surface area contributed by atoms with Crippen LogP contribution in [-0.4, -0.2) is 56.1 Å². The molecule has 1 aliphatic rings. The molecule has 0 saturated carbocycles. The normalized spacial score (nSPS) is 18.0. The van der Waals surface area contributed by atoms with E-state index in [0.29, 0.717) is 24.6 Å². The van der Waals surface area contributed by atoms with Gasteiger partial charge < -0.3 is 14.4 Å². The van der Waals surface area contributed by atoms with E-state index in [2.05, 4.69) is 24.1 Å². The Labute approximate surface area is 148 Å². The zero-order chi connectivity index (χ0) is 17.6. The number of benzene rings is 2. The van der Waals surface area contributed by atoms with Crippen molar-refractivity contribution in [2.24, 2.45) is 0 Å². The first-order valence-electron chi connectivity index (χ1n) is 8.48. The van der Waals surface area contributed by atoms with E-state index in [4.69, 9.17) is 9.47 Å². The fourth-order valence-electron chi connectivity index (χ4n) is 3.10. The number of carbonyl (C=O) groups is 1. The van der Waals surface area contributed by atoms with Crippen LogP contribution >= 0.6 is 0 Å². The third kappa shape index (κ3) is 4.12. The second-order valence-corrected chi connectivity index (χ2v) is 6.19. The quantitative estimate of drug-likeness (QED) is 0.839. The van der Waals surface area contributed by atoms with Crippen molar-refractivity contribution in [1.82, 2.24) is 9.80 Å². The van der Waals surface area contributed by atoms with Gasteiger partial charge in [-0.3, -0.25) is 9.69 Å². The highest BCUT2D eigenvalue weighted by Crippen LogP contribution is 2.26. The van der Waals surface area contributed by atoms with Gasteiger partial charge in [0.1, 0.15) is 0 Å². The lowest BCUT2D eigenvalue weighted by atomic mass is 10.0. The van der Waals surface area contributed by atoms with Gasteiger partial charge in [-0.15, -0.1) is 0 Å². The number of nitrogens with zero attached hydrogens (tertiary/aromatic N) is 2. The standard InChI is InChI=1S/C20H24N2O3/c1-21-12-13-22(14-17(21)16-8-4-3-5-9-16)20(23)15-25-19-11-7-6-10-18(19)24-2/h3-11,17H,12-15H2,1-2H3. The zero-order valence-corrected chi connectivity index (χ0v) is 14.7. The fourth-order valence-corrected chi connectivity index (χ4v) is 3.10. The van der Waals surface area contributed by atoms with Gasteiger partial charge in [0.25, 0.3) is 5.91 Å². The largest absolute Gasteiger partial charge is 0.493 e. The van der Waals surface area contributed by atoms with Gasteiger partial charge in [0.15, 0.2) is 18.1 Å². The van der Waals surface area contributed by atoms with Crippen molar-refractivity contribution in [1.29, 1.82) is 0 Å². The number of amides is 1. The molecular formula is C20H24N2O3. The van der Waals surface area contributed by atoms with E-state index < -0.39 is 0 Å². The second-order valence-electron chi connectivity index (χ2n) is 6.19. The molecule has 0 aromatic heterocycles. The van der Waals surface area contributed by atoms with Crippen LogP contribution in [0.15, 0.2) is 54.6 Å². The van der Waals surface area contributed by atoms with Gasteiger partial charge in [0.05, 0.1) is 13.2 Å². The average Bonchev–Trinajstić information content (AvgIpc) is 2.67. The van der Waals surface area contributed by atoms with Crippen LogP contribution in [0, 0.1) is 0 Å². The summed E-state index contributed by atoms with van der Waals surface area (Å²) in [5.74, 6) is 1.22. The Morgan fingerprint density at radius 3 is 2.44 bits per heavy atom. The van der Waals surface area contributed by atoms with Gasteiger partial charge in [-0.1, -0.05) is 42.5 Å². The molecule has 1 heterocycles. The Hall–Kier alpha value is -2.53. The number of hydrogen-bond donors (Lipinski definition) is 0. The highest BCUT2D eigenvalue weighted by molar-refractivity contribution is 5.78. The molecule has 1 amide bonds. The first-order valence-corrected chi connectivity index (χ1v) is 8.48. The second kappa shape index (κ2) is 8.03. The monoisotopic (exact) mass is 340 g/mol. The van der Waals surface area contributed by atoms with Crippen molar-refractivity contribution < 1.29 is 14.3 Å². The van der Waals surface area contributed by atoms with Crippen molar-refractivity contribution in [3.05, 3.63) is 60.2 Å². The smallest absolute Gasteiger partial charge is 0.260 e. The summed E-state index contributed by atoms with van der Waals surface area (Å²) in [7, 11) is 3.69. The molecule has 5 heteroatoms. The summed E-state index contributed by atoms with van der Waals surface area (Å²) in [4.78, 5) is 16.8. The molecular weight excluding hydrogens is 316 g/mol. The molecule has 0 radical (unpaired) electrons. The number of rotatable bonds is 5. The molecule has 0 aliphatic carbocycles. The fraction of sp³-hybridized carbons (Fsp3) is 0.350. The molecule has 25 heavy (non-hydrogen) atoms. The Morgan fingerprint density at radius 1 is 1.04 bits per heavy atom. The highest BCUT2D eigenvalue weighted by Gasteiger charge is 2.28. The van der Waals surface area contributed by atoms with Gasteiger partial charge in [0, 0.05) is 19.6 Å². The Kier molecular flexibility index (Phi) is 5.56. The molecule has 0 bridgehead atoms. The van der Waals surface area contributed by atoms with E-state index in [1.807, 2.05) is 47.4 Å². The molecule has 0 spiro atoms. The molecule has 2 aromatic rings. The van der Waals surface area contributed by atoms with Crippen LogP contribution in [0.4, 0.5) is 0 Å². The van der Waals surface area contributed by atoms with Gasteiger partial charge in [-0.25, -0.2) is 0 Å². The Morgan fingerprint density at radius 2 is 1.72 bits per heavy atom. The van der Waals surface area contributed by atoms with Crippen molar-refractivity contribution >= 4 is 5.91 Å². The first kappa shape index (κ1) is 17.3. The van der Waals surface area contributed by atoms with Gasteiger partial charge in [0.2, 0.25) is 0 Å². The van der Waals surface area contributed by atoms with E-state index in [0.717, 1.165) is 6.54 Å². The summed E-state index contributed by atoms with van der Waals surface area (Å²) in [6, 6.07) is 17.9. The molecule has 1 atom stereocenters. The first-order chi connectivity index (χ1) is 12.2. The predicted octanol–water partition coefficient (Wildman–Crippen LogP) is 2.59. The maximum absolute atomic E-state index is 12.6. The summed E-state index contributed by atoms with van der Waals surface area (Å²) < 4.78 is 10.9. The number of methoxy groups -OCH3 is 1. The third-order valence-electron chi connectivity index (χ3n) is 4.61. The van der Waals surface area contributed by atoms with Crippen molar-refractivity contribution in [2.45, 2.75) is 6.04 Å².